The van der Waals surface area contributed by atoms with Crippen molar-refractivity contribution in [3.8, 4) is 0 Å². The van der Waals surface area contributed by atoms with Crippen molar-refractivity contribution in [1.82, 2.24) is 9.97 Å². The van der Waals surface area contributed by atoms with Gasteiger partial charge in [-0.3, -0.25) is 4.79 Å². The van der Waals surface area contributed by atoms with Crippen LogP contribution in [0, 0.1) is 13.8 Å². The number of anilines is 2. The quantitative estimate of drug-likeness (QED) is 0.680. The standard InChI is InChI=1S/C13H12ClN3O/c1-8-3-5-10(6-4-8)17-13-11(7-18)12(14)15-9(2)16-13/h3-7H,1-2H3,(H,15,16,17). The Morgan fingerprint density at radius 2 is 1.83 bits per heavy atom. The molecule has 1 aromatic heterocycles. The summed E-state index contributed by atoms with van der Waals surface area (Å²) in [5.41, 5.74) is 2.27. The molecule has 1 aromatic carbocycles. The van der Waals surface area contributed by atoms with Crippen LogP contribution in [0.15, 0.2) is 24.3 Å². The van der Waals surface area contributed by atoms with E-state index in [2.05, 4.69) is 15.3 Å². The second-order valence-corrected chi connectivity index (χ2v) is 4.29. The van der Waals surface area contributed by atoms with E-state index < -0.39 is 0 Å². The van der Waals surface area contributed by atoms with Crippen molar-refractivity contribution in [2.24, 2.45) is 0 Å². The second kappa shape index (κ2) is 5.14. The lowest BCUT2D eigenvalue weighted by Crippen LogP contribution is -2.03. The Morgan fingerprint density at radius 3 is 2.44 bits per heavy atom. The van der Waals surface area contributed by atoms with Crippen molar-refractivity contribution in [3.63, 3.8) is 0 Å². The fraction of sp³-hybridized carbons (Fsp3) is 0.154. The predicted octanol–water partition coefficient (Wildman–Crippen LogP) is 3.30. The van der Waals surface area contributed by atoms with E-state index in [0.717, 1.165) is 11.3 Å². The molecule has 0 fully saturated rings. The van der Waals surface area contributed by atoms with Crippen molar-refractivity contribution in [3.05, 3.63) is 46.4 Å². The van der Waals surface area contributed by atoms with Gasteiger partial charge in [0.15, 0.2) is 6.29 Å². The number of hydrogen-bond acceptors (Lipinski definition) is 4. The normalized spacial score (nSPS) is 10.2. The number of aldehydes is 1. The number of halogens is 1. The van der Waals surface area contributed by atoms with Crippen molar-refractivity contribution in [1.29, 1.82) is 0 Å². The van der Waals surface area contributed by atoms with Gasteiger partial charge in [-0.1, -0.05) is 29.3 Å². The first-order chi connectivity index (χ1) is 8.60. The van der Waals surface area contributed by atoms with Crippen LogP contribution in [0.2, 0.25) is 5.15 Å². The molecule has 0 unspecified atom stereocenters. The maximum Gasteiger partial charge on any atom is 0.156 e. The highest BCUT2D eigenvalue weighted by molar-refractivity contribution is 6.32. The molecule has 1 heterocycles. The summed E-state index contributed by atoms with van der Waals surface area (Å²) in [6.07, 6.45) is 0.651. The molecular weight excluding hydrogens is 250 g/mol. The summed E-state index contributed by atoms with van der Waals surface area (Å²) >= 11 is 5.90. The van der Waals surface area contributed by atoms with Gasteiger partial charge in [-0.2, -0.15) is 0 Å². The zero-order valence-electron chi connectivity index (χ0n) is 10.1. The third-order valence-electron chi connectivity index (χ3n) is 2.44. The molecule has 0 bridgehead atoms. The fourth-order valence-corrected chi connectivity index (χ4v) is 1.78. The first-order valence-electron chi connectivity index (χ1n) is 5.43. The van der Waals surface area contributed by atoms with E-state index in [-0.39, 0.29) is 10.7 Å². The number of aromatic nitrogens is 2. The number of carbonyl (C=O) groups is 1. The highest BCUT2D eigenvalue weighted by Gasteiger charge is 2.10. The van der Waals surface area contributed by atoms with Crippen LogP contribution in [0.3, 0.4) is 0 Å². The Morgan fingerprint density at radius 1 is 1.17 bits per heavy atom. The average molecular weight is 262 g/mol. The monoisotopic (exact) mass is 261 g/mol. The molecule has 2 aromatic rings. The molecule has 5 heteroatoms. The number of benzene rings is 1. The Balaban J connectivity index is 2.39. The zero-order chi connectivity index (χ0) is 13.1. The third kappa shape index (κ3) is 2.65. The van der Waals surface area contributed by atoms with E-state index in [1.54, 1.807) is 6.92 Å². The van der Waals surface area contributed by atoms with Crippen LogP contribution in [0.4, 0.5) is 11.5 Å². The van der Waals surface area contributed by atoms with Crippen LogP contribution >= 0.6 is 11.6 Å². The summed E-state index contributed by atoms with van der Waals surface area (Å²) in [5.74, 6) is 0.937. The minimum Gasteiger partial charge on any atom is -0.339 e. The van der Waals surface area contributed by atoms with Crippen LogP contribution in [0.25, 0.3) is 0 Å². The SMILES string of the molecule is Cc1ccc(Nc2nc(C)nc(Cl)c2C=O)cc1. The van der Waals surface area contributed by atoms with Crippen molar-refractivity contribution in [2.45, 2.75) is 13.8 Å². The maximum absolute atomic E-state index is 11.0. The molecule has 18 heavy (non-hydrogen) atoms. The second-order valence-electron chi connectivity index (χ2n) is 3.93. The average Bonchev–Trinajstić information content (AvgIpc) is 2.32. The highest BCUT2D eigenvalue weighted by Crippen LogP contribution is 2.22. The molecule has 0 amide bonds. The van der Waals surface area contributed by atoms with Gasteiger partial charge in [0.2, 0.25) is 0 Å². The minimum absolute atomic E-state index is 0.159. The Hall–Kier alpha value is -1.94. The van der Waals surface area contributed by atoms with Crippen LogP contribution in [0.5, 0.6) is 0 Å². The zero-order valence-corrected chi connectivity index (χ0v) is 10.8. The molecular formula is C13H12ClN3O. The molecule has 0 saturated heterocycles. The van der Waals surface area contributed by atoms with Crippen LogP contribution < -0.4 is 5.32 Å². The van der Waals surface area contributed by atoms with Crippen LogP contribution in [0.1, 0.15) is 21.7 Å². The molecule has 92 valence electrons. The number of carbonyl (C=O) groups excluding carboxylic acids is 1. The Kier molecular flexibility index (Phi) is 3.58. The topological polar surface area (TPSA) is 54.9 Å². The van der Waals surface area contributed by atoms with Gasteiger partial charge in [0.05, 0.1) is 5.56 Å². The summed E-state index contributed by atoms with van der Waals surface area (Å²) in [4.78, 5) is 19.1. The highest BCUT2D eigenvalue weighted by atomic mass is 35.5. The lowest BCUT2D eigenvalue weighted by atomic mass is 10.2. The molecule has 0 atom stereocenters. The fourth-order valence-electron chi connectivity index (χ4n) is 1.52. The Bertz CT molecular complexity index is 582. The number of nitrogens with zero attached hydrogens (tertiary/aromatic N) is 2. The van der Waals surface area contributed by atoms with Gasteiger partial charge < -0.3 is 5.32 Å². The lowest BCUT2D eigenvalue weighted by Gasteiger charge is -2.09. The number of aryl methyl sites for hydroxylation is 2. The molecule has 1 N–H and O–H groups in total. The summed E-state index contributed by atoms with van der Waals surface area (Å²) in [7, 11) is 0. The molecule has 4 nitrogen and oxygen atoms in total. The largest absolute Gasteiger partial charge is 0.339 e. The number of nitrogens with one attached hydrogen (secondary N) is 1. The van der Waals surface area contributed by atoms with E-state index in [1.165, 1.54) is 0 Å². The molecule has 0 aliphatic rings. The lowest BCUT2D eigenvalue weighted by molar-refractivity contribution is 0.112. The van der Waals surface area contributed by atoms with Gasteiger partial charge in [0.25, 0.3) is 0 Å². The molecule has 0 radical (unpaired) electrons. The maximum atomic E-state index is 11.0. The Labute approximate surface area is 110 Å². The first kappa shape index (κ1) is 12.5. The summed E-state index contributed by atoms with van der Waals surface area (Å²) < 4.78 is 0. The van der Waals surface area contributed by atoms with Crippen molar-refractivity contribution in [2.75, 3.05) is 5.32 Å². The number of rotatable bonds is 3. The number of hydrogen-bond donors (Lipinski definition) is 1. The van der Waals surface area contributed by atoms with E-state index in [9.17, 15) is 4.79 Å². The molecule has 2 rings (SSSR count). The van der Waals surface area contributed by atoms with Gasteiger partial charge in [-0.25, -0.2) is 9.97 Å². The molecule has 0 aliphatic carbocycles. The van der Waals surface area contributed by atoms with Crippen LogP contribution in [-0.2, 0) is 0 Å². The minimum atomic E-state index is 0.159. The van der Waals surface area contributed by atoms with Gasteiger partial charge >= 0.3 is 0 Å². The predicted molar refractivity (Wildman–Crippen MR) is 71.6 cm³/mol. The smallest absolute Gasteiger partial charge is 0.156 e. The summed E-state index contributed by atoms with van der Waals surface area (Å²) in [6, 6.07) is 7.77. The third-order valence-corrected chi connectivity index (χ3v) is 2.73. The van der Waals surface area contributed by atoms with Gasteiger partial charge in [0.1, 0.15) is 16.8 Å². The summed E-state index contributed by atoms with van der Waals surface area (Å²) in [5, 5.41) is 3.22. The van der Waals surface area contributed by atoms with Gasteiger partial charge in [-0.15, -0.1) is 0 Å². The van der Waals surface area contributed by atoms with Crippen molar-refractivity contribution < 1.29 is 4.79 Å². The van der Waals surface area contributed by atoms with E-state index in [4.69, 9.17) is 11.6 Å². The first-order valence-corrected chi connectivity index (χ1v) is 5.81. The van der Waals surface area contributed by atoms with E-state index >= 15 is 0 Å². The van der Waals surface area contributed by atoms with E-state index in [0.29, 0.717) is 17.9 Å². The molecule has 0 spiro atoms. The van der Waals surface area contributed by atoms with Gasteiger partial charge in [-0.05, 0) is 26.0 Å². The molecule has 0 saturated carbocycles. The van der Waals surface area contributed by atoms with Crippen LogP contribution in [-0.4, -0.2) is 16.3 Å². The van der Waals surface area contributed by atoms with Crippen molar-refractivity contribution >= 4 is 29.4 Å². The van der Waals surface area contributed by atoms with Gasteiger partial charge in [0, 0.05) is 5.69 Å². The molecule has 0 aliphatic heterocycles. The summed E-state index contributed by atoms with van der Waals surface area (Å²) in [6.45, 7) is 3.73. The van der Waals surface area contributed by atoms with E-state index in [1.807, 2.05) is 31.2 Å².